The van der Waals surface area contributed by atoms with Crippen molar-refractivity contribution in [3.05, 3.63) is 11.6 Å². The lowest BCUT2D eigenvalue weighted by Crippen LogP contribution is -2.60. The molecule has 1 heterocycles. The third-order valence-electron chi connectivity index (χ3n) is 2.10. The molecule has 0 aromatic rings. The van der Waals surface area contributed by atoms with Gasteiger partial charge in [0.05, 0.1) is 0 Å². The fourth-order valence-corrected chi connectivity index (χ4v) is 1.70. The van der Waals surface area contributed by atoms with Crippen LogP contribution in [0.1, 0.15) is 13.8 Å². The smallest absolute Gasteiger partial charge is 0.318 e. The number of hydrogen-bond acceptors (Lipinski definition) is 2. The Morgan fingerprint density at radius 3 is 2.67 bits per heavy atom. The molecule has 0 bridgehead atoms. The Hall–Kier alpha value is -0.790. The van der Waals surface area contributed by atoms with Gasteiger partial charge in [-0.05, 0) is 19.9 Å². The third kappa shape index (κ3) is 0.363. The largest absolute Gasteiger partial charge is 0.453 e. The van der Waals surface area contributed by atoms with E-state index in [1.807, 2.05) is 19.9 Å². The highest BCUT2D eigenvalue weighted by molar-refractivity contribution is 5.87. The molecule has 2 unspecified atom stereocenters. The first-order chi connectivity index (χ1) is 4.13. The summed E-state index contributed by atoms with van der Waals surface area (Å²) >= 11 is 0. The second-order valence-corrected chi connectivity index (χ2v) is 2.93. The molecule has 1 fully saturated rings. The molecule has 0 aromatic heterocycles. The Bertz CT molecular complexity index is 217. The molecular weight excluding hydrogens is 116 g/mol. The van der Waals surface area contributed by atoms with Crippen molar-refractivity contribution in [1.82, 2.24) is 0 Å². The van der Waals surface area contributed by atoms with Crippen LogP contribution in [0.25, 0.3) is 0 Å². The van der Waals surface area contributed by atoms with E-state index >= 15 is 0 Å². The van der Waals surface area contributed by atoms with Crippen LogP contribution in [0.3, 0.4) is 0 Å². The van der Waals surface area contributed by atoms with Crippen molar-refractivity contribution in [2.24, 2.45) is 5.92 Å². The molecular formula is C7H8O2. The monoisotopic (exact) mass is 124 g/mol. The van der Waals surface area contributed by atoms with Gasteiger partial charge in [0.25, 0.3) is 0 Å². The van der Waals surface area contributed by atoms with E-state index in [2.05, 4.69) is 0 Å². The van der Waals surface area contributed by atoms with E-state index in [0.29, 0.717) is 0 Å². The van der Waals surface area contributed by atoms with Crippen molar-refractivity contribution < 1.29 is 9.53 Å². The van der Waals surface area contributed by atoms with Gasteiger partial charge in [-0.2, -0.15) is 0 Å². The molecule has 0 aromatic carbocycles. The van der Waals surface area contributed by atoms with Gasteiger partial charge >= 0.3 is 5.97 Å². The van der Waals surface area contributed by atoms with Crippen molar-refractivity contribution in [3.8, 4) is 0 Å². The Labute approximate surface area is 53.5 Å². The number of esters is 1. The van der Waals surface area contributed by atoms with Crippen LogP contribution in [0.4, 0.5) is 0 Å². The average Bonchev–Trinajstić information content (AvgIpc) is 1.61. The van der Waals surface area contributed by atoms with Crippen LogP contribution < -0.4 is 0 Å². The number of fused-ring (bicyclic) bond motifs is 1. The minimum atomic E-state index is -0.207. The van der Waals surface area contributed by atoms with Crippen LogP contribution in [-0.2, 0) is 9.53 Å². The molecule has 1 aliphatic carbocycles. The Morgan fingerprint density at radius 1 is 1.78 bits per heavy atom. The highest BCUT2D eigenvalue weighted by Crippen LogP contribution is 2.48. The van der Waals surface area contributed by atoms with E-state index in [1.165, 1.54) is 0 Å². The Kier molecular flexibility index (Phi) is 0.592. The van der Waals surface area contributed by atoms with E-state index in [9.17, 15) is 4.79 Å². The first-order valence-corrected chi connectivity index (χ1v) is 3.06. The van der Waals surface area contributed by atoms with Crippen molar-refractivity contribution in [2.45, 2.75) is 19.4 Å². The molecule has 9 heavy (non-hydrogen) atoms. The zero-order valence-electron chi connectivity index (χ0n) is 5.47. The highest BCUT2D eigenvalue weighted by atomic mass is 16.6. The first kappa shape index (κ1) is 5.03. The van der Waals surface area contributed by atoms with Gasteiger partial charge in [-0.15, -0.1) is 0 Å². The minimum Gasteiger partial charge on any atom is -0.453 e. The van der Waals surface area contributed by atoms with E-state index in [-0.39, 0.29) is 17.5 Å². The molecule has 0 N–H and O–H groups in total. The van der Waals surface area contributed by atoms with E-state index in [4.69, 9.17) is 4.74 Å². The van der Waals surface area contributed by atoms with Gasteiger partial charge in [-0.25, -0.2) is 0 Å². The van der Waals surface area contributed by atoms with E-state index in [0.717, 1.165) is 5.57 Å². The maximum absolute atomic E-state index is 10.6. The lowest BCUT2D eigenvalue weighted by atomic mass is 9.68. The van der Waals surface area contributed by atoms with Crippen LogP contribution in [0.5, 0.6) is 0 Å². The number of rotatable bonds is 0. The van der Waals surface area contributed by atoms with E-state index < -0.39 is 0 Å². The minimum absolute atomic E-state index is 0.0579. The van der Waals surface area contributed by atoms with Gasteiger partial charge in [0.15, 0.2) is 0 Å². The zero-order chi connectivity index (χ0) is 6.65. The van der Waals surface area contributed by atoms with Crippen LogP contribution >= 0.6 is 0 Å². The molecule has 0 radical (unpaired) electrons. The first-order valence-electron chi connectivity index (χ1n) is 3.06. The molecule has 2 heteroatoms. The van der Waals surface area contributed by atoms with Crippen molar-refractivity contribution in [1.29, 1.82) is 0 Å². The topological polar surface area (TPSA) is 26.3 Å². The Morgan fingerprint density at radius 2 is 2.44 bits per heavy atom. The molecule has 1 saturated heterocycles. The second kappa shape index (κ2) is 1.06. The number of hydrogen-bond donors (Lipinski definition) is 0. The Balaban J connectivity index is 2.35. The summed E-state index contributed by atoms with van der Waals surface area (Å²) in [4.78, 5) is 10.6. The number of carbonyl (C=O) groups excluding carboxylic acids is 1. The lowest BCUT2D eigenvalue weighted by Gasteiger charge is -2.50. The van der Waals surface area contributed by atoms with Crippen LogP contribution in [0.2, 0.25) is 0 Å². The van der Waals surface area contributed by atoms with Crippen molar-refractivity contribution in [2.75, 3.05) is 0 Å². The summed E-state index contributed by atoms with van der Waals surface area (Å²) in [5, 5.41) is 0. The summed E-state index contributed by atoms with van der Waals surface area (Å²) in [6.45, 7) is 3.90. The SMILES string of the molecule is CC1=CC2(C)OC(=O)C12. The van der Waals surface area contributed by atoms with Crippen LogP contribution in [0, 0.1) is 5.92 Å². The number of ether oxygens (including phenoxy) is 1. The maximum Gasteiger partial charge on any atom is 0.318 e. The van der Waals surface area contributed by atoms with Gasteiger partial charge in [0.2, 0.25) is 0 Å². The van der Waals surface area contributed by atoms with Crippen molar-refractivity contribution in [3.63, 3.8) is 0 Å². The maximum atomic E-state index is 10.6. The standard InChI is InChI=1S/C7H8O2/c1-4-3-7(2)5(4)6(8)9-7/h3,5H,1-2H3. The van der Waals surface area contributed by atoms with Crippen LogP contribution in [0.15, 0.2) is 11.6 Å². The highest BCUT2D eigenvalue weighted by Gasteiger charge is 2.58. The third-order valence-corrected chi connectivity index (χ3v) is 2.10. The summed E-state index contributed by atoms with van der Waals surface area (Å²) in [5.74, 6) is 0.0370. The van der Waals surface area contributed by atoms with Gasteiger partial charge in [-0.1, -0.05) is 5.57 Å². The summed E-state index contributed by atoms with van der Waals surface area (Å²) in [6.07, 6.45) is 2.00. The quantitative estimate of drug-likeness (QED) is 0.354. The molecule has 2 atom stereocenters. The predicted molar refractivity (Wildman–Crippen MR) is 31.7 cm³/mol. The molecule has 0 amide bonds. The molecule has 2 nitrogen and oxygen atoms in total. The summed E-state index contributed by atoms with van der Waals surface area (Å²) in [6, 6.07) is 0. The molecule has 2 rings (SSSR count). The second-order valence-electron chi connectivity index (χ2n) is 2.93. The molecule has 2 aliphatic rings. The van der Waals surface area contributed by atoms with Gasteiger partial charge < -0.3 is 4.74 Å². The summed E-state index contributed by atoms with van der Waals surface area (Å²) in [5.41, 5.74) is 0.954. The van der Waals surface area contributed by atoms with Gasteiger partial charge in [0.1, 0.15) is 11.5 Å². The van der Waals surface area contributed by atoms with Crippen molar-refractivity contribution >= 4 is 5.97 Å². The van der Waals surface area contributed by atoms with Gasteiger partial charge in [-0.3, -0.25) is 4.79 Å². The summed E-state index contributed by atoms with van der Waals surface area (Å²) < 4.78 is 4.88. The summed E-state index contributed by atoms with van der Waals surface area (Å²) in [7, 11) is 0. The van der Waals surface area contributed by atoms with E-state index in [1.54, 1.807) is 0 Å². The molecule has 1 aliphatic heterocycles. The zero-order valence-corrected chi connectivity index (χ0v) is 5.47. The van der Waals surface area contributed by atoms with Crippen LogP contribution in [-0.4, -0.2) is 11.6 Å². The normalized spacial score (nSPS) is 45.8. The molecule has 0 saturated carbocycles. The molecule has 0 spiro atoms. The lowest BCUT2D eigenvalue weighted by molar-refractivity contribution is -0.199. The predicted octanol–water partition coefficient (Wildman–Crippen LogP) is 0.878. The average molecular weight is 124 g/mol. The fourth-order valence-electron chi connectivity index (χ4n) is 1.70. The fraction of sp³-hybridized carbons (Fsp3) is 0.571. The van der Waals surface area contributed by atoms with Gasteiger partial charge in [0, 0.05) is 0 Å². The molecule has 48 valence electrons. The number of carbonyl (C=O) groups is 1.